The van der Waals surface area contributed by atoms with Gasteiger partial charge < -0.3 is 14.8 Å². The summed E-state index contributed by atoms with van der Waals surface area (Å²) in [6.45, 7) is 1.65. The summed E-state index contributed by atoms with van der Waals surface area (Å²) in [7, 11) is 0. The molecule has 0 aliphatic heterocycles. The van der Waals surface area contributed by atoms with Crippen LogP contribution in [0.4, 0.5) is 4.39 Å². The zero-order valence-corrected chi connectivity index (χ0v) is 10.6. The smallest absolute Gasteiger partial charge is 0.331 e. The van der Waals surface area contributed by atoms with Gasteiger partial charge in [-0.1, -0.05) is 18.2 Å². The SMILES string of the molecule is Cc1ccoc1C(=O)N[C@H](C(=O)O)c1ccccc1F. The van der Waals surface area contributed by atoms with Crippen LogP contribution < -0.4 is 5.32 Å². The van der Waals surface area contributed by atoms with Gasteiger partial charge in [-0.15, -0.1) is 0 Å². The normalized spacial score (nSPS) is 11.9. The lowest BCUT2D eigenvalue weighted by Crippen LogP contribution is -2.34. The van der Waals surface area contributed by atoms with Gasteiger partial charge >= 0.3 is 5.97 Å². The first-order chi connectivity index (χ1) is 9.50. The zero-order chi connectivity index (χ0) is 14.7. The maximum absolute atomic E-state index is 13.6. The van der Waals surface area contributed by atoms with E-state index >= 15 is 0 Å². The lowest BCUT2D eigenvalue weighted by Gasteiger charge is -2.15. The molecule has 0 aliphatic rings. The molecule has 1 aromatic carbocycles. The van der Waals surface area contributed by atoms with E-state index in [4.69, 9.17) is 9.52 Å². The topological polar surface area (TPSA) is 79.5 Å². The van der Waals surface area contributed by atoms with Gasteiger partial charge in [0.05, 0.1) is 6.26 Å². The molecule has 20 heavy (non-hydrogen) atoms. The Morgan fingerprint density at radius 1 is 1.30 bits per heavy atom. The molecule has 2 rings (SSSR count). The summed E-state index contributed by atoms with van der Waals surface area (Å²) >= 11 is 0. The molecule has 0 aliphatic carbocycles. The van der Waals surface area contributed by atoms with E-state index in [0.29, 0.717) is 5.56 Å². The first-order valence-corrected chi connectivity index (χ1v) is 5.83. The van der Waals surface area contributed by atoms with Crippen molar-refractivity contribution in [3.05, 3.63) is 59.3 Å². The number of furan rings is 1. The van der Waals surface area contributed by atoms with E-state index in [1.165, 1.54) is 24.5 Å². The van der Waals surface area contributed by atoms with E-state index in [-0.39, 0.29) is 11.3 Å². The zero-order valence-electron chi connectivity index (χ0n) is 10.6. The first-order valence-electron chi connectivity index (χ1n) is 5.83. The van der Waals surface area contributed by atoms with Crippen LogP contribution in [-0.4, -0.2) is 17.0 Å². The van der Waals surface area contributed by atoms with Gasteiger partial charge in [0, 0.05) is 11.1 Å². The standard InChI is InChI=1S/C14H12FNO4/c1-8-6-7-20-12(8)13(17)16-11(14(18)19)9-4-2-3-5-10(9)15/h2-7,11H,1H3,(H,16,17)(H,18,19)/t11-/m0/s1. The number of halogens is 1. The van der Waals surface area contributed by atoms with Crippen molar-refractivity contribution in [3.63, 3.8) is 0 Å². The van der Waals surface area contributed by atoms with E-state index in [2.05, 4.69) is 5.32 Å². The second-order valence-corrected chi connectivity index (χ2v) is 4.20. The van der Waals surface area contributed by atoms with Crippen LogP contribution in [0, 0.1) is 12.7 Å². The van der Waals surface area contributed by atoms with Crippen LogP contribution in [0.25, 0.3) is 0 Å². The second kappa shape index (κ2) is 5.56. The maximum atomic E-state index is 13.6. The fraction of sp³-hybridized carbons (Fsp3) is 0.143. The molecule has 0 saturated heterocycles. The number of carboxylic acid groups (broad SMARTS) is 1. The molecule has 1 heterocycles. The summed E-state index contributed by atoms with van der Waals surface area (Å²) in [5.74, 6) is -2.75. The molecule has 5 nitrogen and oxygen atoms in total. The number of aryl methyl sites for hydroxylation is 1. The van der Waals surface area contributed by atoms with E-state index in [0.717, 1.165) is 6.07 Å². The van der Waals surface area contributed by atoms with Crippen molar-refractivity contribution < 1.29 is 23.5 Å². The fourth-order valence-corrected chi connectivity index (χ4v) is 1.78. The highest BCUT2D eigenvalue weighted by atomic mass is 19.1. The number of hydrogen-bond donors (Lipinski definition) is 2. The van der Waals surface area contributed by atoms with Gasteiger partial charge in [0.15, 0.2) is 11.8 Å². The number of rotatable bonds is 4. The van der Waals surface area contributed by atoms with Gasteiger partial charge in [-0.25, -0.2) is 9.18 Å². The number of carboxylic acids is 1. The number of carbonyl (C=O) groups is 2. The largest absolute Gasteiger partial charge is 0.479 e. The summed E-state index contributed by atoms with van der Waals surface area (Å²) in [6, 6.07) is 5.48. The molecule has 0 spiro atoms. The highest BCUT2D eigenvalue weighted by molar-refractivity contribution is 5.95. The third kappa shape index (κ3) is 2.69. The molecular formula is C14H12FNO4. The summed E-state index contributed by atoms with van der Waals surface area (Å²) < 4.78 is 18.6. The predicted octanol–water partition coefficient (Wildman–Crippen LogP) is 2.28. The Bertz CT molecular complexity index is 650. The van der Waals surface area contributed by atoms with Crippen molar-refractivity contribution in [2.24, 2.45) is 0 Å². The number of benzene rings is 1. The van der Waals surface area contributed by atoms with Crippen LogP contribution in [0.5, 0.6) is 0 Å². The van der Waals surface area contributed by atoms with Gasteiger partial charge in [0.2, 0.25) is 0 Å². The third-order valence-electron chi connectivity index (χ3n) is 2.81. The minimum absolute atomic E-state index is 0.00703. The highest BCUT2D eigenvalue weighted by Gasteiger charge is 2.26. The van der Waals surface area contributed by atoms with Gasteiger partial charge in [-0.3, -0.25) is 4.79 Å². The monoisotopic (exact) mass is 277 g/mol. The second-order valence-electron chi connectivity index (χ2n) is 4.20. The summed E-state index contributed by atoms with van der Waals surface area (Å²) in [5, 5.41) is 11.4. The van der Waals surface area contributed by atoms with Gasteiger partial charge in [0.1, 0.15) is 5.82 Å². The summed E-state index contributed by atoms with van der Waals surface area (Å²) in [4.78, 5) is 23.2. The average Bonchev–Trinajstić information content (AvgIpc) is 2.83. The molecule has 2 aromatic rings. The van der Waals surface area contributed by atoms with Crippen molar-refractivity contribution in [1.29, 1.82) is 0 Å². The summed E-state index contributed by atoms with van der Waals surface area (Å²) in [6.07, 6.45) is 1.32. The molecule has 104 valence electrons. The molecule has 0 saturated carbocycles. The Balaban J connectivity index is 2.28. The average molecular weight is 277 g/mol. The Labute approximate surface area is 114 Å². The van der Waals surface area contributed by atoms with Gasteiger partial charge in [0.25, 0.3) is 5.91 Å². The molecular weight excluding hydrogens is 265 g/mol. The van der Waals surface area contributed by atoms with Crippen LogP contribution >= 0.6 is 0 Å². The molecule has 6 heteroatoms. The van der Waals surface area contributed by atoms with Crippen molar-refractivity contribution in [2.45, 2.75) is 13.0 Å². The Kier molecular flexibility index (Phi) is 3.84. The lowest BCUT2D eigenvalue weighted by atomic mass is 10.1. The van der Waals surface area contributed by atoms with Crippen LogP contribution in [0.15, 0.2) is 41.0 Å². The van der Waals surface area contributed by atoms with Gasteiger partial charge in [-0.2, -0.15) is 0 Å². The van der Waals surface area contributed by atoms with E-state index in [1.807, 2.05) is 0 Å². The van der Waals surface area contributed by atoms with Crippen LogP contribution in [0.1, 0.15) is 27.7 Å². The number of nitrogens with one attached hydrogen (secondary N) is 1. The molecule has 2 N–H and O–H groups in total. The molecule has 1 atom stereocenters. The quantitative estimate of drug-likeness (QED) is 0.898. The minimum Gasteiger partial charge on any atom is -0.479 e. The van der Waals surface area contributed by atoms with E-state index in [1.54, 1.807) is 13.0 Å². The predicted molar refractivity (Wildman–Crippen MR) is 67.7 cm³/mol. The van der Waals surface area contributed by atoms with E-state index in [9.17, 15) is 14.0 Å². The minimum atomic E-state index is -1.48. The lowest BCUT2D eigenvalue weighted by molar-refractivity contribution is -0.139. The molecule has 0 radical (unpaired) electrons. The molecule has 0 fully saturated rings. The molecule has 1 amide bonds. The summed E-state index contributed by atoms with van der Waals surface area (Å²) in [5.41, 5.74) is 0.456. The van der Waals surface area contributed by atoms with Gasteiger partial charge in [-0.05, 0) is 19.1 Å². The van der Waals surface area contributed by atoms with Crippen molar-refractivity contribution in [3.8, 4) is 0 Å². The van der Waals surface area contributed by atoms with Crippen molar-refractivity contribution in [1.82, 2.24) is 5.32 Å². The van der Waals surface area contributed by atoms with Crippen LogP contribution in [0.2, 0.25) is 0 Å². The number of carbonyl (C=O) groups excluding carboxylic acids is 1. The van der Waals surface area contributed by atoms with Crippen LogP contribution in [0.3, 0.4) is 0 Å². The molecule has 1 aromatic heterocycles. The maximum Gasteiger partial charge on any atom is 0.331 e. The van der Waals surface area contributed by atoms with Crippen molar-refractivity contribution >= 4 is 11.9 Å². The number of hydrogen-bond acceptors (Lipinski definition) is 3. The third-order valence-corrected chi connectivity index (χ3v) is 2.81. The molecule has 0 unspecified atom stereocenters. The fourth-order valence-electron chi connectivity index (χ4n) is 1.78. The Hall–Kier alpha value is -2.63. The number of aliphatic carboxylic acids is 1. The van der Waals surface area contributed by atoms with Crippen molar-refractivity contribution in [2.75, 3.05) is 0 Å². The first kappa shape index (κ1) is 13.8. The number of amides is 1. The van der Waals surface area contributed by atoms with Crippen LogP contribution in [-0.2, 0) is 4.79 Å². The highest BCUT2D eigenvalue weighted by Crippen LogP contribution is 2.18. The van der Waals surface area contributed by atoms with E-state index < -0.39 is 23.7 Å². The molecule has 0 bridgehead atoms. The Morgan fingerprint density at radius 2 is 2.00 bits per heavy atom. The Morgan fingerprint density at radius 3 is 2.55 bits per heavy atom.